The second kappa shape index (κ2) is 8.77. The van der Waals surface area contributed by atoms with Gasteiger partial charge in [-0.2, -0.15) is 0 Å². The molecule has 0 spiro atoms. The van der Waals surface area contributed by atoms with Crippen LogP contribution in [0.15, 0.2) is 36.9 Å². The van der Waals surface area contributed by atoms with Crippen LogP contribution >= 0.6 is 11.3 Å². The van der Waals surface area contributed by atoms with Gasteiger partial charge in [-0.15, -0.1) is 17.9 Å². The Labute approximate surface area is 213 Å². The summed E-state index contributed by atoms with van der Waals surface area (Å²) >= 11 is 1.19. The van der Waals surface area contributed by atoms with E-state index in [2.05, 4.69) is 11.6 Å². The summed E-state index contributed by atoms with van der Waals surface area (Å²) in [5.74, 6) is -0.223. The van der Waals surface area contributed by atoms with E-state index in [1.54, 1.807) is 47.6 Å². The van der Waals surface area contributed by atoms with Crippen molar-refractivity contribution in [3.8, 4) is 0 Å². The summed E-state index contributed by atoms with van der Waals surface area (Å²) < 4.78 is 12.0. The van der Waals surface area contributed by atoms with E-state index in [1.807, 2.05) is 18.2 Å². The zero-order valence-electron chi connectivity index (χ0n) is 21.2. The van der Waals surface area contributed by atoms with Gasteiger partial charge < -0.3 is 15.2 Å². The van der Waals surface area contributed by atoms with E-state index in [4.69, 9.17) is 15.2 Å². The number of hydrogen-bond donors (Lipinski definition) is 1. The third-order valence-corrected chi connectivity index (χ3v) is 6.51. The standard InChI is InChI=1S/C26H30N4O5S/c1-8-14-13-29(23(32)34-25(2,3)4)20-19-15-9-12-18(27)28-16(15)10-11-17(19)36-21(20)22(31)30(14)24(33)35-26(5,6)7/h8-12,14H,1,13H2,2-7H3,(H2,27,28)/t14-/m1/s1. The predicted molar refractivity (Wildman–Crippen MR) is 142 cm³/mol. The van der Waals surface area contributed by atoms with Gasteiger partial charge in [0.2, 0.25) is 0 Å². The first kappa shape index (κ1) is 25.4. The van der Waals surface area contributed by atoms with Crippen molar-refractivity contribution in [3.05, 3.63) is 41.8 Å². The number of carbonyl (C=O) groups is 3. The first-order valence-electron chi connectivity index (χ1n) is 11.5. The lowest BCUT2D eigenvalue weighted by molar-refractivity contribution is 0.0201. The third-order valence-electron chi connectivity index (χ3n) is 5.38. The van der Waals surface area contributed by atoms with Crippen molar-refractivity contribution in [3.63, 3.8) is 0 Å². The molecule has 0 unspecified atom stereocenters. The van der Waals surface area contributed by atoms with Gasteiger partial charge in [0.1, 0.15) is 21.9 Å². The van der Waals surface area contributed by atoms with Crippen LogP contribution in [0.3, 0.4) is 0 Å². The molecule has 9 nitrogen and oxygen atoms in total. The van der Waals surface area contributed by atoms with Crippen molar-refractivity contribution in [1.29, 1.82) is 0 Å². The Morgan fingerprint density at radius 2 is 1.72 bits per heavy atom. The molecule has 10 heteroatoms. The molecular formula is C26H30N4O5S. The maximum atomic E-state index is 13.9. The molecule has 36 heavy (non-hydrogen) atoms. The quantitative estimate of drug-likeness (QED) is 0.416. The van der Waals surface area contributed by atoms with Gasteiger partial charge in [0, 0.05) is 15.5 Å². The van der Waals surface area contributed by atoms with Gasteiger partial charge in [-0.1, -0.05) is 6.08 Å². The summed E-state index contributed by atoms with van der Waals surface area (Å²) in [6.07, 6.45) is -0.00106. The smallest absolute Gasteiger partial charge is 0.417 e. The highest BCUT2D eigenvalue weighted by molar-refractivity contribution is 7.21. The fraction of sp³-hybridized carbons (Fsp3) is 0.385. The number of imide groups is 1. The SMILES string of the molecule is C=C[C@@H]1CN(C(=O)OC(C)(C)C)c2c(sc3ccc4nc(N)ccc4c23)C(=O)N1C(=O)OC(C)(C)C. The number of amides is 3. The van der Waals surface area contributed by atoms with Crippen LogP contribution in [-0.2, 0) is 9.47 Å². The molecule has 4 rings (SSSR count). The molecular weight excluding hydrogens is 480 g/mol. The minimum absolute atomic E-state index is 0.0545. The fourth-order valence-electron chi connectivity index (χ4n) is 4.02. The lowest BCUT2D eigenvalue weighted by atomic mass is 10.1. The number of nitrogen functional groups attached to an aromatic ring is 1. The number of ether oxygens (including phenoxy) is 2. The second-order valence-electron chi connectivity index (χ2n) is 10.6. The number of thiophene rings is 1. The first-order chi connectivity index (χ1) is 16.7. The molecule has 2 N–H and O–H groups in total. The largest absolute Gasteiger partial charge is 0.443 e. The number of pyridine rings is 1. The highest BCUT2D eigenvalue weighted by Gasteiger charge is 2.43. The molecule has 190 valence electrons. The Morgan fingerprint density at radius 1 is 1.08 bits per heavy atom. The molecule has 1 aliphatic rings. The molecule has 0 aliphatic carbocycles. The number of carbonyl (C=O) groups excluding carboxylic acids is 3. The lowest BCUT2D eigenvalue weighted by Crippen LogP contribution is -2.49. The van der Waals surface area contributed by atoms with E-state index in [1.165, 1.54) is 22.3 Å². The summed E-state index contributed by atoms with van der Waals surface area (Å²) in [6, 6.07) is 6.27. The lowest BCUT2D eigenvalue weighted by Gasteiger charge is -2.31. The number of aromatic nitrogens is 1. The van der Waals surface area contributed by atoms with Crippen LogP contribution in [0.25, 0.3) is 21.0 Å². The van der Waals surface area contributed by atoms with Crippen LogP contribution in [0.1, 0.15) is 51.2 Å². The number of hydrogen-bond acceptors (Lipinski definition) is 8. The Balaban J connectivity index is 2.00. The first-order valence-corrected chi connectivity index (χ1v) is 12.3. The van der Waals surface area contributed by atoms with Crippen molar-refractivity contribution >= 4 is 61.9 Å². The maximum Gasteiger partial charge on any atom is 0.417 e. The van der Waals surface area contributed by atoms with E-state index >= 15 is 0 Å². The molecule has 0 bridgehead atoms. The molecule has 0 fully saturated rings. The van der Waals surface area contributed by atoms with E-state index in [-0.39, 0.29) is 11.4 Å². The van der Waals surface area contributed by atoms with E-state index in [0.717, 1.165) is 15.0 Å². The molecule has 1 aromatic carbocycles. The molecule has 1 aliphatic heterocycles. The van der Waals surface area contributed by atoms with Crippen LogP contribution in [0.5, 0.6) is 0 Å². The summed E-state index contributed by atoms with van der Waals surface area (Å²) in [5, 5.41) is 1.38. The Bertz CT molecular complexity index is 1400. The number of nitrogens with two attached hydrogens (primary N) is 1. The Hall–Kier alpha value is -3.66. The molecule has 3 amide bonds. The number of nitrogens with zero attached hydrogens (tertiary/aromatic N) is 3. The molecule has 0 saturated heterocycles. The van der Waals surface area contributed by atoms with Gasteiger partial charge in [-0.3, -0.25) is 9.69 Å². The summed E-state index contributed by atoms with van der Waals surface area (Å²) in [6.45, 7) is 14.2. The molecule has 0 radical (unpaired) electrons. The van der Waals surface area contributed by atoms with E-state index in [9.17, 15) is 14.4 Å². The summed E-state index contributed by atoms with van der Waals surface area (Å²) in [4.78, 5) is 47.7. The maximum absolute atomic E-state index is 13.9. The van der Waals surface area contributed by atoms with Crippen molar-refractivity contribution in [2.24, 2.45) is 0 Å². The third kappa shape index (κ3) is 4.73. The van der Waals surface area contributed by atoms with Gasteiger partial charge in [0.05, 0.1) is 23.8 Å². The predicted octanol–water partition coefficient (Wildman–Crippen LogP) is 5.72. The Morgan fingerprint density at radius 3 is 2.33 bits per heavy atom. The normalized spacial score (nSPS) is 16.6. The second-order valence-corrected chi connectivity index (χ2v) is 11.6. The summed E-state index contributed by atoms with van der Waals surface area (Å²) in [7, 11) is 0. The van der Waals surface area contributed by atoms with Crippen LogP contribution < -0.4 is 10.6 Å². The molecule has 2 aromatic heterocycles. The van der Waals surface area contributed by atoms with Crippen molar-refractivity contribution in [1.82, 2.24) is 9.88 Å². The molecule has 3 heterocycles. The van der Waals surface area contributed by atoms with Gasteiger partial charge in [-0.05, 0) is 65.8 Å². The fourth-order valence-corrected chi connectivity index (χ4v) is 5.17. The Kier molecular flexibility index (Phi) is 6.20. The van der Waals surface area contributed by atoms with Crippen molar-refractivity contribution in [2.75, 3.05) is 17.2 Å². The van der Waals surface area contributed by atoms with Gasteiger partial charge in [-0.25, -0.2) is 19.5 Å². The van der Waals surface area contributed by atoms with Crippen LogP contribution in [0, 0.1) is 0 Å². The number of rotatable bonds is 1. The molecule has 0 saturated carbocycles. The van der Waals surface area contributed by atoms with Gasteiger partial charge in [0.15, 0.2) is 0 Å². The van der Waals surface area contributed by atoms with E-state index in [0.29, 0.717) is 22.4 Å². The highest BCUT2D eigenvalue weighted by Crippen LogP contribution is 2.45. The number of anilines is 2. The van der Waals surface area contributed by atoms with Crippen LogP contribution in [0.4, 0.5) is 21.1 Å². The average Bonchev–Trinajstić information content (AvgIpc) is 3.07. The van der Waals surface area contributed by atoms with Crippen molar-refractivity contribution < 1.29 is 23.9 Å². The van der Waals surface area contributed by atoms with Crippen molar-refractivity contribution in [2.45, 2.75) is 58.8 Å². The zero-order valence-corrected chi connectivity index (χ0v) is 22.1. The summed E-state index contributed by atoms with van der Waals surface area (Å²) in [5.41, 5.74) is 5.26. The number of benzene rings is 1. The minimum Gasteiger partial charge on any atom is -0.443 e. The monoisotopic (exact) mass is 510 g/mol. The van der Waals surface area contributed by atoms with E-state index < -0.39 is 35.3 Å². The minimum atomic E-state index is -0.849. The topological polar surface area (TPSA) is 115 Å². The number of fused-ring (bicyclic) bond motifs is 5. The molecule has 3 aromatic rings. The van der Waals surface area contributed by atoms with Crippen LogP contribution in [-0.4, -0.2) is 51.8 Å². The zero-order chi connectivity index (χ0) is 26.6. The highest BCUT2D eigenvalue weighted by atomic mass is 32.1. The van der Waals surface area contributed by atoms with Gasteiger partial charge >= 0.3 is 12.2 Å². The van der Waals surface area contributed by atoms with Gasteiger partial charge in [0.25, 0.3) is 5.91 Å². The average molecular weight is 511 g/mol. The van der Waals surface area contributed by atoms with Crippen LogP contribution in [0.2, 0.25) is 0 Å². The molecule has 1 atom stereocenters.